The minimum Gasteiger partial charge on any atom is -0.313 e. The summed E-state index contributed by atoms with van der Waals surface area (Å²) in [6, 6.07) is 4.22. The van der Waals surface area contributed by atoms with Gasteiger partial charge in [-0.05, 0) is 30.7 Å². The predicted octanol–water partition coefficient (Wildman–Crippen LogP) is 2.40. The van der Waals surface area contributed by atoms with E-state index in [9.17, 15) is 12.8 Å². The Morgan fingerprint density at radius 2 is 1.95 bits per heavy atom. The van der Waals surface area contributed by atoms with Gasteiger partial charge >= 0.3 is 0 Å². The van der Waals surface area contributed by atoms with Crippen molar-refractivity contribution in [1.29, 1.82) is 0 Å². The van der Waals surface area contributed by atoms with Gasteiger partial charge in [-0.15, -0.1) is 0 Å². The lowest BCUT2D eigenvalue weighted by atomic mass is 10.2. The van der Waals surface area contributed by atoms with E-state index >= 15 is 0 Å². The summed E-state index contributed by atoms with van der Waals surface area (Å²) in [5, 5.41) is 3.07. The first-order valence-corrected chi connectivity index (χ1v) is 8.48. The van der Waals surface area contributed by atoms with Crippen molar-refractivity contribution in [1.82, 2.24) is 10.0 Å². The molecule has 1 aromatic rings. The van der Waals surface area contributed by atoms with Gasteiger partial charge in [0, 0.05) is 13.1 Å². The Balaban J connectivity index is 2.74. The van der Waals surface area contributed by atoms with E-state index in [1.54, 1.807) is 6.07 Å². The Morgan fingerprint density at radius 1 is 1.20 bits per heavy atom. The summed E-state index contributed by atoms with van der Waals surface area (Å²) in [6.07, 6.45) is 2.72. The SMILES string of the molecule is CCCCCNS(=O)(=O)c1ccc(CNCC)cc1F. The van der Waals surface area contributed by atoms with E-state index in [0.717, 1.165) is 31.4 Å². The standard InChI is InChI=1S/C14H23FN2O2S/c1-3-5-6-9-17-20(18,19)14-8-7-12(10-13(14)15)11-16-4-2/h7-8,10,16-17H,3-6,9,11H2,1-2H3. The first-order chi connectivity index (χ1) is 9.51. The van der Waals surface area contributed by atoms with Crippen LogP contribution in [-0.4, -0.2) is 21.5 Å². The summed E-state index contributed by atoms with van der Waals surface area (Å²) < 4.78 is 40.3. The van der Waals surface area contributed by atoms with E-state index in [2.05, 4.69) is 10.0 Å². The molecule has 0 amide bonds. The molecule has 0 atom stereocenters. The molecule has 0 aliphatic carbocycles. The van der Waals surface area contributed by atoms with Crippen LogP contribution >= 0.6 is 0 Å². The van der Waals surface area contributed by atoms with Crippen molar-refractivity contribution < 1.29 is 12.8 Å². The van der Waals surface area contributed by atoms with Gasteiger partial charge in [-0.25, -0.2) is 17.5 Å². The third-order valence-corrected chi connectivity index (χ3v) is 4.43. The number of sulfonamides is 1. The van der Waals surface area contributed by atoms with Crippen LogP contribution in [0.2, 0.25) is 0 Å². The van der Waals surface area contributed by atoms with Gasteiger partial charge in [0.15, 0.2) is 0 Å². The molecule has 0 aromatic heterocycles. The lowest BCUT2D eigenvalue weighted by molar-refractivity contribution is 0.552. The molecule has 0 unspecified atom stereocenters. The maximum absolute atomic E-state index is 13.9. The monoisotopic (exact) mass is 302 g/mol. The maximum atomic E-state index is 13.9. The molecule has 114 valence electrons. The molecule has 6 heteroatoms. The Bertz CT molecular complexity index is 518. The normalized spacial score (nSPS) is 11.8. The summed E-state index contributed by atoms with van der Waals surface area (Å²) >= 11 is 0. The summed E-state index contributed by atoms with van der Waals surface area (Å²) in [5.74, 6) is -0.705. The summed E-state index contributed by atoms with van der Waals surface area (Å²) in [5.41, 5.74) is 0.731. The molecule has 4 nitrogen and oxygen atoms in total. The largest absolute Gasteiger partial charge is 0.313 e. The highest BCUT2D eigenvalue weighted by Gasteiger charge is 2.18. The average Bonchev–Trinajstić information content (AvgIpc) is 2.41. The van der Waals surface area contributed by atoms with Gasteiger partial charge < -0.3 is 5.32 Å². The lowest BCUT2D eigenvalue weighted by Crippen LogP contribution is -2.25. The highest BCUT2D eigenvalue weighted by molar-refractivity contribution is 7.89. The second-order valence-corrected chi connectivity index (χ2v) is 6.39. The third-order valence-electron chi connectivity index (χ3n) is 2.94. The van der Waals surface area contributed by atoms with Gasteiger partial charge in [-0.2, -0.15) is 0 Å². The van der Waals surface area contributed by atoms with Crippen LogP contribution < -0.4 is 10.0 Å². The van der Waals surface area contributed by atoms with Gasteiger partial charge in [0.2, 0.25) is 10.0 Å². The predicted molar refractivity (Wildman–Crippen MR) is 78.5 cm³/mol. The fraction of sp³-hybridized carbons (Fsp3) is 0.571. The number of halogens is 1. The van der Waals surface area contributed by atoms with Crippen LogP contribution in [0.1, 0.15) is 38.7 Å². The molecule has 20 heavy (non-hydrogen) atoms. The minimum atomic E-state index is -3.75. The highest BCUT2D eigenvalue weighted by Crippen LogP contribution is 2.16. The molecule has 0 saturated heterocycles. The molecule has 0 heterocycles. The number of benzene rings is 1. The molecule has 0 aliphatic rings. The van der Waals surface area contributed by atoms with Gasteiger partial charge in [-0.3, -0.25) is 0 Å². The van der Waals surface area contributed by atoms with Crippen LogP contribution in [0.15, 0.2) is 23.1 Å². The number of hydrogen-bond donors (Lipinski definition) is 2. The molecule has 0 aliphatic heterocycles. The zero-order valence-electron chi connectivity index (χ0n) is 12.1. The third kappa shape index (κ3) is 5.19. The summed E-state index contributed by atoms with van der Waals surface area (Å²) in [6.45, 7) is 5.64. The minimum absolute atomic E-state index is 0.283. The van der Waals surface area contributed by atoms with Gasteiger partial charge in [0.25, 0.3) is 0 Å². The summed E-state index contributed by atoms with van der Waals surface area (Å²) in [4.78, 5) is -0.283. The Hall–Kier alpha value is -0.980. The molecule has 1 aromatic carbocycles. The van der Waals surface area contributed by atoms with E-state index in [4.69, 9.17) is 0 Å². The van der Waals surface area contributed by atoms with Crippen molar-refractivity contribution in [2.45, 2.75) is 44.6 Å². The highest BCUT2D eigenvalue weighted by atomic mass is 32.2. The zero-order valence-corrected chi connectivity index (χ0v) is 12.9. The molecular weight excluding hydrogens is 279 g/mol. The Morgan fingerprint density at radius 3 is 2.55 bits per heavy atom. The average molecular weight is 302 g/mol. The summed E-state index contributed by atoms with van der Waals surface area (Å²) in [7, 11) is -3.75. The fourth-order valence-corrected chi connectivity index (χ4v) is 2.93. The molecule has 0 fully saturated rings. The van der Waals surface area contributed by atoms with E-state index in [-0.39, 0.29) is 4.90 Å². The topological polar surface area (TPSA) is 58.2 Å². The molecule has 2 N–H and O–H groups in total. The first-order valence-electron chi connectivity index (χ1n) is 7.00. The van der Waals surface area contributed by atoms with Crippen molar-refractivity contribution in [3.8, 4) is 0 Å². The fourth-order valence-electron chi connectivity index (χ4n) is 1.80. The van der Waals surface area contributed by atoms with E-state index in [1.165, 1.54) is 12.1 Å². The second-order valence-electron chi connectivity index (χ2n) is 4.65. The van der Waals surface area contributed by atoms with Crippen LogP contribution in [0.5, 0.6) is 0 Å². The molecule has 0 spiro atoms. The van der Waals surface area contributed by atoms with Crippen molar-refractivity contribution >= 4 is 10.0 Å². The van der Waals surface area contributed by atoms with Gasteiger partial charge in [0.1, 0.15) is 10.7 Å². The molecule has 1 rings (SSSR count). The van der Waals surface area contributed by atoms with Crippen LogP contribution in [0.4, 0.5) is 4.39 Å². The number of unbranched alkanes of at least 4 members (excludes halogenated alkanes) is 2. The van der Waals surface area contributed by atoms with Gasteiger partial charge in [-0.1, -0.05) is 32.8 Å². The Labute approximate surface area is 120 Å². The Kier molecular flexibility index (Phi) is 7.12. The smallest absolute Gasteiger partial charge is 0.243 e. The number of hydrogen-bond acceptors (Lipinski definition) is 3. The van der Waals surface area contributed by atoms with Crippen LogP contribution in [0.25, 0.3) is 0 Å². The molecule has 0 radical (unpaired) electrons. The molecular formula is C14H23FN2O2S. The van der Waals surface area contributed by atoms with Crippen molar-refractivity contribution in [3.05, 3.63) is 29.6 Å². The molecule has 0 bridgehead atoms. The van der Waals surface area contributed by atoms with E-state index < -0.39 is 15.8 Å². The van der Waals surface area contributed by atoms with E-state index in [0.29, 0.717) is 13.1 Å². The van der Waals surface area contributed by atoms with Crippen molar-refractivity contribution in [2.75, 3.05) is 13.1 Å². The van der Waals surface area contributed by atoms with Crippen LogP contribution in [-0.2, 0) is 16.6 Å². The zero-order chi connectivity index (χ0) is 15.0. The second kappa shape index (κ2) is 8.34. The maximum Gasteiger partial charge on any atom is 0.243 e. The van der Waals surface area contributed by atoms with Crippen LogP contribution in [0, 0.1) is 5.82 Å². The number of nitrogens with one attached hydrogen (secondary N) is 2. The quantitative estimate of drug-likeness (QED) is 0.689. The van der Waals surface area contributed by atoms with Crippen molar-refractivity contribution in [3.63, 3.8) is 0 Å². The van der Waals surface area contributed by atoms with Crippen LogP contribution in [0.3, 0.4) is 0 Å². The lowest BCUT2D eigenvalue weighted by Gasteiger charge is -2.09. The number of rotatable bonds is 9. The van der Waals surface area contributed by atoms with Crippen molar-refractivity contribution in [2.24, 2.45) is 0 Å². The first kappa shape index (κ1) is 17.1. The van der Waals surface area contributed by atoms with E-state index in [1.807, 2.05) is 13.8 Å². The van der Waals surface area contributed by atoms with Gasteiger partial charge in [0.05, 0.1) is 0 Å². The molecule has 0 saturated carbocycles.